The van der Waals surface area contributed by atoms with Gasteiger partial charge in [0.15, 0.2) is 0 Å². The number of hydrogen-bond acceptors (Lipinski definition) is 3. The number of hydrogen-bond donors (Lipinski definition) is 1. The number of fused-ring (bicyclic) bond motifs is 1. The molecular formula is C16H20FN3O2. The minimum atomic E-state index is -0.502. The van der Waals surface area contributed by atoms with E-state index in [0.29, 0.717) is 24.3 Å². The van der Waals surface area contributed by atoms with E-state index in [1.54, 1.807) is 6.07 Å². The summed E-state index contributed by atoms with van der Waals surface area (Å²) in [5, 5.41) is 2.65. The molecule has 1 fully saturated rings. The summed E-state index contributed by atoms with van der Waals surface area (Å²) in [6.07, 6.45) is 0.130. The van der Waals surface area contributed by atoms with E-state index in [-0.39, 0.29) is 18.2 Å². The van der Waals surface area contributed by atoms with Crippen LogP contribution in [0.25, 0.3) is 0 Å². The number of amides is 2. The van der Waals surface area contributed by atoms with Crippen LogP contribution in [0.1, 0.15) is 24.8 Å². The normalized spacial score (nSPS) is 22.2. The second kappa shape index (κ2) is 6.04. The Morgan fingerprint density at radius 1 is 1.32 bits per heavy atom. The van der Waals surface area contributed by atoms with E-state index in [0.717, 1.165) is 19.6 Å². The van der Waals surface area contributed by atoms with Gasteiger partial charge >= 0.3 is 0 Å². The number of carbonyl (C=O) groups is 2. The molecule has 0 aliphatic carbocycles. The zero-order chi connectivity index (χ0) is 15.7. The Labute approximate surface area is 129 Å². The summed E-state index contributed by atoms with van der Waals surface area (Å²) in [4.78, 5) is 28.7. The number of benzene rings is 1. The van der Waals surface area contributed by atoms with Gasteiger partial charge < -0.3 is 15.1 Å². The van der Waals surface area contributed by atoms with Crippen molar-refractivity contribution in [2.75, 3.05) is 38.0 Å². The quantitative estimate of drug-likeness (QED) is 0.899. The number of carbonyl (C=O) groups excluding carboxylic acids is 2. The highest BCUT2D eigenvalue weighted by atomic mass is 19.1. The van der Waals surface area contributed by atoms with Gasteiger partial charge in [0, 0.05) is 38.3 Å². The molecule has 3 rings (SSSR count). The third-order valence-electron chi connectivity index (χ3n) is 4.48. The number of nitrogens with one attached hydrogen (secondary N) is 1. The molecular weight excluding hydrogens is 285 g/mol. The van der Waals surface area contributed by atoms with E-state index < -0.39 is 11.7 Å². The predicted octanol–water partition coefficient (Wildman–Crippen LogP) is 1.42. The molecule has 1 atom stereocenters. The van der Waals surface area contributed by atoms with Crippen LogP contribution in [0, 0.1) is 5.82 Å². The van der Waals surface area contributed by atoms with Crippen LogP contribution in [0.5, 0.6) is 0 Å². The van der Waals surface area contributed by atoms with Gasteiger partial charge in [-0.1, -0.05) is 13.0 Å². The molecule has 1 aromatic rings. The van der Waals surface area contributed by atoms with Crippen molar-refractivity contribution in [3.63, 3.8) is 0 Å². The Morgan fingerprint density at radius 2 is 2.05 bits per heavy atom. The van der Waals surface area contributed by atoms with Crippen molar-refractivity contribution in [3.05, 3.63) is 29.6 Å². The van der Waals surface area contributed by atoms with Crippen molar-refractivity contribution < 1.29 is 14.0 Å². The highest BCUT2D eigenvalue weighted by Gasteiger charge is 2.34. The average Bonchev–Trinajstić information content (AvgIpc) is 2.53. The lowest BCUT2D eigenvalue weighted by molar-refractivity contribution is -0.136. The molecule has 2 heterocycles. The SMILES string of the molecule is CCN1CCN(C(=O)C2CC(=O)Nc3cc(F)ccc32)CC1. The number of piperazine rings is 1. The summed E-state index contributed by atoms with van der Waals surface area (Å²) >= 11 is 0. The third kappa shape index (κ3) is 2.83. The lowest BCUT2D eigenvalue weighted by Crippen LogP contribution is -2.50. The van der Waals surface area contributed by atoms with E-state index in [9.17, 15) is 14.0 Å². The Bertz CT molecular complexity index is 597. The van der Waals surface area contributed by atoms with Gasteiger partial charge in [-0.25, -0.2) is 4.39 Å². The Hall–Kier alpha value is -1.95. The van der Waals surface area contributed by atoms with Crippen molar-refractivity contribution in [3.8, 4) is 0 Å². The summed E-state index contributed by atoms with van der Waals surface area (Å²) in [5.41, 5.74) is 1.13. The van der Waals surface area contributed by atoms with Crippen LogP contribution in [0.4, 0.5) is 10.1 Å². The molecule has 2 amide bonds. The maximum absolute atomic E-state index is 13.3. The maximum atomic E-state index is 13.3. The summed E-state index contributed by atoms with van der Waals surface area (Å²) in [5.74, 6) is -1.18. The predicted molar refractivity (Wildman–Crippen MR) is 81.1 cm³/mol. The molecule has 2 aliphatic rings. The molecule has 0 radical (unpaired) electrons. The van der Waals surface area contributed by atoms with Crippen LogP contribution in [-0.2, 0) is 9.59 Å². The summed E-state index contributed by atoms with van der Waals surface area (Å²) in [6.45, 7) is 6.17. The molecule has 0 saturated carbocycles. The van der Waals surface area contributed by atoms with Crippen LogP contribution < -0.4 is 5.32 Å². The van der Waals surface area contributed by atoms with Gasteiger partial charge in [0.05, 0.1) is 5.92 Å². The smallest absolute Gasteiger partial charge is 0.230 e. The molecule has 0 aromatic heterocycles. The standard InChI is InChI=1S/C16H20FN3O2/c1-2-19-5-7-20(8-6-19)16(22)13-10-15(21)18-14-9-11(17)3-4-12(13)14/h3-4,9,13H,2,5-8,10H2,1H3,(H,18,21). The fourth-order valence-corrected chi connectivity index (χ4v) is 3.16. The van der Waals surface area contributed by atoms with E-state index in [2.05, 4.69) is 17.1 Å². The first-order valence-electron chi connectivity index (χ1n) is 7.69. The van der Waals surface area contributed by atoms with Crippen molar-refractivity contribution in [2.45, 2.75) is 19.3 Å². The Morgan fingerprint density at radius 3 is 2.73 bits per heavy atom. The maximum Gasteiger partial charge on any atom is 0.230 e. The van der Waals surface area contributed by atoms with E-state index >= 15 is 0 Å². The minimum absolute atomic E-state index is 0.0292. The van der Waals surface area contributed by atoms with Gasteiger partial charge in [0.2, 0.25) is 11.8 Å². The Balaban J connectivity index is 1.80. The molecule has 118 valence electrons. The second-order valence-corrected chi connectivity index (χ2v) is 5.80. The highest BCUT2D eigenvalue weighted by molar-refractivity contribution is 6.01. The highest BCUT2D eigenvalue weighted by Crippen LogP contribution is 2.34. The van der Waals surface area contributed by atoms with Crippen LogP contribution in [0.3, 0.4) is 0 Å². The monoisotopic (exact) mass is 305 g/mol. The molecule has 0 spiro atoms. The van der Waals surface area contributed by atoms with E-state index in [4.69, 9.17) is 0 Å². The van der Waals surface area contributed by atoms with Gasteiger partial charge in [-0.05, 0) is 24.2 Å². The minimum Gasteiger partial charge on any atom is -0.340 e. The van der Waals surface area contributed by atoms with Crippen molar-refractivity contribution in [1.82, 2.24) is 9.80 Å². The molecule has 1 N–H and O–H groups in total. The van der Waals surface area contributed by atoms with E-state index in [1.165, 1.54) is 12.1 Å². The lowest BCUT2D eigenvalue weighted by Gasteiger charge is -2.37. The van der Waals surface area contributed by atoms with Gasteiger partial charge in [-0.15, -0.1) is 0 Å². The first-order chi connectivity index (χ1) is 10.6. The first kappa shape index (κ1) is 15.0. The zero-order valence-electron chi connectivity index (χ0n) is 12.6. The number of rotatable bonds is 2. The number of halogens is 1. The van der Waals surface area contributed by atoms with Crippen LogP contribution in [-0.4, -0.2) is 54.3 Å². The molecule has 2 aliphatic heterocycles. The van der Waals surface area contributed by atoms with Crippen LogP contribution in [0.2, 0.25) is 0 Å². The van der Waals surface area contributed by atoms with Gasteiger partial charge in [-0.3, -0.25) is 9.59 Å². The number of anilines is 1. The second-order valence-electron chi connectivity index (χ2n) is 5.80. The number of nitrogens with zero attached hydrogens (tertiary/aromatic N) is 2. The van der Waals surface area contributed by atoms with E-state index in [1.807, 2.05) is 4.90 Å². The molecule has 1 aromatic carbocycles. The van der Waals surface area contributed by atoms with Crippen molar-refractivity contribution in [1.29, 1.82) is 0 Å². The Kier molecular flexibility index (Phi) is 4.11. The largest absolute Gasteiger partial charge is 0.340 e. The fourth-order valence-electron chi connectivity index (χ4n) is 3.16. The molecule has 1 saturated heterocycles. The third-order valence-corrected chi connectivity index (χ3v) is 4.48. The van der Waals surface area contributed by atoms with Crippen molar-refractivity contribution >= 4 is 17.5 Å². The van der Waals surface area contributed by atoms with Gasteiger partial charge in [0.1, 0.15) is 5.82 Å². The fraction of sp³-hybridized carbons (Fsp3) is 0.500. The summed E-state index contributed by atoms with van der Waals surface area (Å²) in [7, 11) is 0. The summed E-state index contributed by atoms with van der Waals surface area (Å²) < 4.78 is 13.3. The summed E-state index contributed by atoms with van der Waals surface area (Å²) in [6, 6.07) is 4.22. The molecule has 1 unspecified atom stereocenters. The van der Waals surface area contributed by atoms with Crippen molar-refractivity contribution in [2.24, 2.45) is 0 Å². The molecule has 5 nitrogen and oxygen atoms in total. The molecule has 6 heteroatoms. The van der Waals surface area contributed by atoms with Crippen LogP contribution in [0.15, 0.2) is 18.2 Å². The molecule has 0 bridgehead atoms. The number of likely N-dealkylation sites (N-methyl/N-ethyl adjacent to an activating group) is 1. The topological polar surface area (TPSA) is 52.7 Å². The first-order valence-corrected chi connectivity index (χ1v) is 7.69. The van der Waals surface area contributed by atoms with Crippen LogP contribution >= 0.6 is 0 Å². The van der Waals surface area contributed by atoms with Gasteiger partial charge in [0.25, 0.3) is 0 Å². The average molecular weight is 305 g/mol. The molecule has 22 heavy (non-hydrogen) atoms. The zero-order valence-corrected chi connectivity index (χ0v) is 12.6. The van der Waals surface area contributed by atoms with Gasteiger partial charge in [-0.2, -0.15) is 0 Å². The lowest BCUT2D eigenvalue weighted by atomic mass is 9.89.